The average Bonchev–Trinajstić information content (AvgIpc) is 3.00. The van der Waals surface area contributed by atoms with Crippen molar-refractivity contribution in [2.24, 2.45) is 5.41 Å². The Labute approximate surface area is 279 Å². The van der Waals surface area contributed by atoms with Gasteiger partial charge in [-0.1, -0.05) is 75.4 Å². The van der Waals surface area contributed by atoms with Gasteiger partial charge in [0.05, 0.1) is 5.41 Å². The van der Waals surface area contributed by atoms with Crippen molar-refractivity contribution in [2.75, 3.05) is 0 Å². The molecule has 0 N–H and O–H groups in total. The number of hydrogen-bond donors (Lipinski definition) is 0. The van der Waals surface area contributed by atoms with Gasteiger partial charge < -0.3 is 19.4 Å². The summed E-state index contributed by atoms with van der Waals surface area (Å²) in [6, 6.07) is 33.0. The van der Waals surface area contributed by atoms with E-state index in [0.717, 1.165) is 38.7 Å². The number of hydrogen-bond acceptors (Lipinski definition) is 4. The van der Waals surface area contributed by atoms with Crippen molar-refractivity contribution >= 4 is 10.8 Å². The second kappa shape index (κ2) is 12.0. The molecule has 8 heteroatoms. The van der Waals surface area contributed by atoms with E-state index in [1.54, 1.807) is 18.5 Å². The van der Waals surface area contributed by atoms with Gasteiger partial charge in [-0.05, 0) is 46.8 Å². The molecule has 0 spiro atoms. The Morgan fingerprint density at radius 3 is 2.37 bits per heavy atom. The number of benzene rings is 4. The molecule has 0 radical (unpaired) electrons. The Kier molecular flexibility index (Phi) is 8.24. The molecule has 6 aromatic rings. The zero-order valence-electron chi connectivity index (χ0n) is 25.1. The topological polar surface area (TPSA) is 44.2 Å². The number of ether oxygens (including phenoxy) is 2. The molecule has 0 saturated carbocycles. The van der Waals surface area contributed by atoms with Crippen LogP contribution in [0.1, 0.15) is 25.0 Å². The van der Waals surface area contributed by atoms with Crippen LogP contribution in [-0.2, 0) is 27.5 Å². The maximum Gasteiger partial charge on any atom is 2.00 e. The van der Waals surface area contributed by atoms with Crippen LogP contribution < -0.4 is 9.47 Å². The van der Waals surface area contributed by atoms with Gasteiger partial charge in [0.25, 0.3) is 0 Å². The normalized spacial score (nSPS) is 12.2. The Balaban J connectivity index is 0.00000372. The SMILES string of the molecule is Cc1cc(Oc2[c-]c(-c3ccccn3)ccc2)[c-]c(-c2nccc3c2Oc2cc(CC(C)(C)C(F)(F)F)cc4cccc-3c24)c1.[Pt+2]. The molecule has 232 valence electrons. The minimum absolute atomic E-state index is 0. The number of aryl methyl sites for hydroxylation is 1. The van der Waals surface area contributed by atoms with E-state index in [-0.39, 0.29) is 27.5 Å². The van der Waals surface area contributed by atoms with Crippen LogP contribution in [0.4, 0.5) is 13.2 Å². The zero-order chi connectivity index (χ0) is 31.3. The van der Waals surface area contributed by atoms with Crippen molar-refractivity contribution < 1.29 is 43.7 Å². The number of halogens is 3. The Hall–Kier alpha value is -4.48. The summed E-state index contributed by atoms with van der Waals surface area (Å²) in [5.74, 6) is 2.01. The predicted octanol–water partition coefficient (Wildman–Crippen LogP) is 10.6. The number of nitrogens with zero attached hydrogens (tertiary/aromatic N) is 2. The van der Waals surface area contributed by atoms with E-state index in [4.69, 9.17) is 9.47 Å². The quantitative estimate of drug-likeness (QED) is 0.157. The van der Waals surface area contributed by atoms with Crippen LogP contribution in [0.25, 0.3) is 44.4 Å². The first-order chi connectivity index (χ1) is 21.6. The summed E-state index contributed by atoms with van der Waals surface area (Å²) in [7, 11) is 0. The standard InChI is InChI=1S/C38H27F3N2O2.Pt/c1-23-16-27(21-29(17-23)44-28-10-6-8-25(20-28)32-12-4-5-14-42-32)35-36-31(13-15-43-35)30-11-7-9-26-18-24(19-33(45-36)34(26)30)22-37(2,3)38(39,40)41;/h4-19H,22H2,1-3H3;/q-2;+2. The third-order valence-corrected chi connectivity index (χ3v) is 7.99. The van der Waals surface area contributed by atoms with Crippen molar-refractivity contribution in [1.29, 1.82) is 0 Å². The van der Waals surface area contributed by atoms with Crippen molar-refractivity contribution in [2.45, 2.75) is 33.4 Å². The van der Waals surface area contributed by atoms with Gasteiger partial charge in [0.15, 0.2) is 0 Å². The van der Waals surface area contributed by atoms with Gasteiger partial charge in [0, 0.05) is 40.5 Å². The molecule has 4 nitrogen and oxygen atoms in total. The molecule has 0 aliphatic carbocycles. The molecule has 0 amide bonds. The van der Waals surface area contributed by atoms with Crippen LogP contribution in [-0.4, -0.2) is 16.1 Å². The minimum atomic E-state index is -4.34. The van der Waals surface area contributed by atoms with Crippen LogP contribution in [0.5, 0.6) is 23.0 Å². The summed E-state index contributed by atoms with van der Waals surface area (Å²) in [5, 5.41) is 1.68. The summed E-state index contributed by atoms with van der Waals surface area (Å²) in [5.41, 5.74) is 4.15. The van der Waals surface area contributed by atoms with Crippen LogP contribution in [0.2, 0.25) is 0 Å². The largest absolute Gasteiger partial charge is 2.00 e. The summed E-state index contributed by atoms with van der Waals surface area (Å²) >= 11 is 0. The summed E-state index contributed by atoms with van der Waals surface area (Å²) in [6.45, 7) is 4.40. The van der Waals surface area contributed by atoms with Gasteiger partial charge in [-0.2, -0.15) is 13.2 Å². The molecular formula is C38H27F3N2O2Pt. The monoisotopic (exact) mass is 795 g/mol. The molecule has 2 aromatic heterocycles. The maximum absolute atomic E-state index is 13.8. The fraction of sp³-hybridized carbons (Fsp3) is 0.158. The molecule has 0 unspecified atom stereocenters. The Morgan fingerprint density at radius 1 is 0.783 bits per heavy atom. The molecular weight excluding hydrogens is 769 g/mol. The molecule has 1 aliphatic rings. The number of pyridine rings is 2. The first-order valence-corrected chi connectivity index (χ1v) is 14.5. The minimum Gasteiger partial charge on any atom is -0.497 e. The van der Waals surface area contributed by atoms with Crippen molar-refractivity contribution in [3.05, 3.63) is 121 Å². The maximum atomic E-state index is 13.8. The molecule has 0 fully saturated rings. The van der Waals surface area contributed by atoms with Gasteiger partial charge in [-0.3, -0.25) is 0 Å². The zero-order valence-corrected chi connectivity index (χ0v) is 27.4. The molecule has 0 bridgehead atoms. The molecule has 1 aliphatic heterocycles. The molecule has 46 heavy (non-hydrogen) atoms. The number of alkyl halides is 3. The fourth-order valence-electron chi connectivity index (χ4n) is 5.69. The predicted molar refractivity (Wildman–Crippen MR) is 168 cm³/mol. The average molecular weight is 796 g/mol. The number of fused-ring (bicyclic) bond motifs is 2. The Morgan fingerprint density at radius 2 is 1.59 bits per heavy atom. The van der Waals surface area contributed by atoms with Crippen LogP contribution >= 0.6 is 0 Å². The first-order valence-electron chi connectivity index (χ1n) is 14.5. The van der Waals surface area contributed by atoms with E-state index in [1.807, 2.05) is 85.8 Å². The van der Waals surface area contributed by atoms with Crippen LogP contribution in [0.3, 0.4) is 0 Å². The van der Waals surface area contributed by atoms with Crippen molar-refractivity contribution in [1.82, 2.24) is 9.97 Å². The molecule has 7 rings (SSSR count). The smallest absolute Gasteiger partial charge is 0.497 e. The fourth-order valence-corrected chi connectivity index (χ4v) is 5.69. The molecule has 4 aromatic carbocycles. The third kappa shape index (κ3) is 5.92. The van der Waals surface area contributed by atoms with Gasteiger partial charge in [-0.25, -0.2) is 0 Å². The first kappa shape index (κ1) is 31.5. The van der Waals surface area contributed by atoms with Gasteiger partial charge >= 0.3 is 27.2 Å². The summed E-state index contributed by atoms with van der Waals surface area (Å²) in [4.78, 5) is 9.08. The van der Waals surface area contributed by atoms with Gasteiger partial charge in [-0.15, -0.1) is 41.0 Å². The van der Waals surface area contributed by atoms with E-state index in [9.17, 15) is 13.2 Å². The van der Waals surface area contributed by atoms with Crippen LogP contribution in [0.15, 0.2) is 97.3 Å². The van der Waals surface area contributed by atoms with E-state index in [2.05, 4.69) is 22.1 Å². The number of aromatic nitrogens is 2. The van der Waals surface area contributed by atoms with E-state index in [1.165, 1.54) is 13.8 Å². The second-order valence-corrected chi connectivity index (χ2v) is 11.9. The summed E-state index contributed by atoms with van der Waals surface area (Å²) < 4.78 is 54.1. The molecule has 3 heterocycles. The molecule has 0 atom stereocenters. The second-order valence-electron chi connectivity index (χ2n) is 11.9. The number of rotatable bonds is 6. The van der Waals surface area contributed by atoms with E-state index >= 15 is 0 Å². The van der Waals surface area contributed by atoms with Crippen LogP contribution in [0, 0.1) is 24.5 Å². The van der Waals surface area contributed by atoms with Gasteiger partial charge in [0.2, 0.25) is 0 Å². The van der Waals surface area contributed by atoms with E-state index < -0.39 is 11.6 Å². The van der Waals surface area contributed by atoms with Crippen molar-refractivity contribution in [3.8, 4) is 56.6 Å². The Bertz CT molecular complexity index is 2080. The third-order valence-electron chi connectivity index (χ3n) is 7.99. The van der Waals surface area contributed by atoms with E-state index in [0.29, 0.717) is 39.8 Å². The molecule has 0 saturated heterocycles. The summed E-state index contributed by atoms with van der Waals surface area (Å²) in [6.07, 6.45) is -1.06. The van der Waals surface area contributed by atoms with Crippen molar-refractivity contribution in [3.63, 3.8) is 0 Å². The van der Waals surface area contributed by atoms with Gasteiger partial charge in [0.1, 0.15) is 11.5 Å².